The normalized spacial score (nSPS) is 29.3. The van der Waals surface area contributed by atoms with Crippen LogP contribution in [-0.2, 0) is 9.59 Å². The van der Waals surface area contributed by atoms with Crippen LogP contribution in [0.3, 0.4) is 0 Å². The van der Waals surface area contributed by atoms with Crippen molar-refractivity contribution in [2.75, 3.05) is 26.2 Å². The van der Waals surface area contributed by atoms with Crippen LogP contribution in [0.5, 0.6) is 0 Å². The van der Waals surface area contributed by atoms with Crippen LogP contribution in [0.1, 0.15) is 52.4 Å². The van der Waals surface area contributed by atoms with Gasteiger partial charge in [-0.05, 0) is 31.2 Å². The molecule has 2 aliphatic heterocycles. The van der Waals surface area contributed by atoms with Crippen LogP contribution in [0.25, 0.3) is 0 Å². The van der Waals surface area contributed by atoms with E-state index in [2.05, 4.69) is 18.7 Å². The summed E-state index contributed by atoms with van der Waals surface area (Å²) in [5.41, 5.74) is 0.423. The lowest BCUT2D eigenvalue weighted by Gasteiger charge is -2.41. The molecule has 2 fully saturated rings. The van der Waals surface area contributed by atoms with Crippen LogP contribution in [0, 0.1) is 5.41 Å². The summed E-state index contributed by atoms with van der Waals surface area (Å²) in [4.78, 5) is 27.0. The van der Waals surface area contributed by atoms with E-state index in [4.69, 9.17) is 0 Å². The molecule has 4 heteroatoms. The molecule has 0 aliphatic carbocycles. The molecule has 2 amide bonds. The Morgan fingerprint density at radius 2 is 1.84 bits per heavy atom. The second kappa shape index (κ2) is 6.04. The molecular formula is C15H26N2O2. The number of amides is 2. The highest BCUT2D eigenvalue weighted by Gasteiger charge is 2.32. The van der Waals surface area contributed by atoms with Crippen molar-refractivity contribution < 1.29 is 9.59 Å². The number of rotatable bonds is 5. The lowest BCUT2D eigenvalue weighted by Crippen LogP contribution is -2.45. The molecule has 0 spiro atoms. The summed E-state index contributed by atoms with van der Waals surface area (Å²) in [5, 5.41) is 0. The largest absolute Gasteiger partial charge is 0.301 e. The Kier molecular flexibility index (Phi) is 4.61. The molecule has 2 rings (SSSR count). The van der Waals surface area contributed by atoms with Gasteiger partial charge in [0.25, 0.3) is 0 Å². The standard InChI is InChI=1S/C15H26N2O2/c1-3-7-15(2)8-4-9-16(12-15)10-11-17-13(18)5-6-14(17)19/h3-12H2,1-2H3/t15-/m0/s1. The van der Waals surface area contributed by atoms with E-state index in [1.165, 1.54) is 30.6 Å². The Bertz CT molecular complexity index is 336. The SMILES string of the molecule is CCC[C@@]1(C)CCCN(CCN2C(=O)CCC2=O)C1. The van der Waals surface area contributed by atoms with E-state index in [0.717, 1.165) is 19.6 Å². The van der Waals surface area contributed by atoms with Crippen molar-refractivity contribution in [2.45, 2.75) is 52.4 Å². The van der Waals surface area contributed by atoms with Crippen LogP contribution >= 0.6 is 0 Å². The van der Waals surface area contributed by atoms with E-state index in [1.54, 1.807) is 0 Å². The van der Waals surface area contributed by atoms with E-state index < -0.39 is 0 Å². The molecule has 0 N–H and O–H groups in total. The van der Waals surface area contributed by atoms with E-state index in [0.29, 0.717) is 24.8 Å². The molecule has 0 aromatic carbocycles. The predicted octanol–water partition coefficient (Wildman–Crippen LogP) is 2.04. The van der Waals surface area contributed by atoms with Crippen LogP contribution in [0.15, 0.2) is 0 Å². The first-order valence-electron chi connectivity index (χ1n) is 7.60. The van der Waals surface area contributed by atoms with Gasteiger partial charge in [0.2, 0.25) is 11.8 Å². The number of imide groups is 1. The lowest BCUT2D eigenvalue weighted by molar-refractivity contribution is -0.138. The smallest absolute Gasteiger partial charge is 0.229 e. The number of nitrogens with zero attached hydrogens (tertiary/aromatic N) is 2. The highest BCUT2D eigenvalue weighted by molar-refractivity contribution is 6.01. The van der Waals surface area contributed by atoms with Crippen LogP contribution in [0.2, 0.25) is 0 Å². The van der Waals surface area contributed by atoms with Gasteiger partial charge in [-0.3, -0.25) is 14.5 Å². The third-order valence-electron chi connectivity index (χ3n) is 4.51. The molecule has 2 saturated heterocycles. The summed E-state index contributed by atoms with van der Waals surface area (Å²) in [5.74, 6) is 0.0247. The fourth-order valence-corrected chi connectivity index (χ4v) is 3.54. The molecule has 1 atom stereocenters. The summed E-state index contributed by atoms with van der Waals surface area (Å²) in [7, 11) is 0. The first-order valence-corrected chi connectivity index (χ1v) is 7.60. The molecule has 2 aliphatic rings. The maximum absolute atomic E-state index is 11.6. The quantitative estimate of drug-likeness (QED) is 0.715. The maximum atomic E-state index is 11.6. The van der Waals surface area contributed by atoms with Gasteiger partial charge in [0.05, 0.1) is 0 Å². The number of carbonyl (C=O) groups is 2. The zero-order chi connectivity index (χ0) is 13.9. The number of hydrogen-bond donors (Lipinski definition) is 0. The van der Waals surface area contributed by atoms with Gasteiger partial charge < -0.3 is 4.90 Å². The second-order valence-corrected chi connectivity index (χ2v) is 6.38. The second-order valence-electron chi connectivity index (χ2n) is 6.38. The maximum Gasteiger partial charge on any atom is 0.229 e. The molecule has 0 radical (unpaired) electrons. The third-order valence-corrected chi connectivity index (χ3v) is 4.51. The summed E-state index contributed by atoms with van der Waals surface area (Å²) in [6, 6.07) is 0. The molecule has 2 heterocycles. The van der Waals surface area contributed by atoms with Crippen molar-refractivity contribution in [1.29, 1.82) is 0 Å². The summed E-state index contributed by atoms with van der Waals surface area (Å²) >= 11 is 0. The summed E-state index contributed by atoms with van der Waals surface area (Å²) < 4.78 is 0. The summed E-state index contributed by atoms with van der Waals surface area (Å²) in [6.45, 7) is 8.25. The Balaban J connectivity index is 1.82. The minimum absolute atomic E-state index is 0.0123. The van der Waals surface area contributed by atoms with Crippen LogP contribution in [0.4, 0.5) is 0 Å². The third kappa shape index (κ3) is 3.56. The Morgan fingerprint density at radius 3 is 2.47 bits per heavy atom. The van der Waals surface area contributed by atoms with Crippen molar-refractivity contribution >= 4 is 11.8 Å². The van der Waals surface area contributed by atoms with Crippen molar-refractivity contribution in [1.82, 2.24) is 9.80 Å². The monoisotopic (exact) mass is 266 g/mol. The molecule has 0 aromatic heterocycles. The van der Waals surface area contributed by atoms with Gasteiger partial charge >= 0.3 is 0 Å². The van der Waals surface area contributed by atoms with Crippen molar-refractivity contribution in [2.24, 2.45) is 5.41 Å². The number of piperidine rings is 1. The van der Waals surface area contributed by atoms with Gasteiger partial charge in [0.1, 0.15) is 0 Å². The van der Waals surface area contributed by atoms with E-state index >= 15 is 0 Å². The van der Waals surface area contributed by atoms with Gasteiger partial charge in [-0.2, -0.15) is 0 Å². The Morgan fingerprint density at radius 1 is 1.16 bits per heavy atom. The van der Waals surface area contributed by atoms with Crippen LogP contribution < -0.4 is 0 Å². The molecule has 0 unspecified atom stereocenters. The van der Waals surface area contributed by atoms with Crippen LogP contribution in [-0.4, -0.2) is 47.8 Å². The first-order chi connectivity index (χ1) is 9.04. The molecule has 0 saturated carbocycles. The minimum atomic E-state index is 0.0123. The highest BCUT2D eigenvalue weighted by atomic mass is 16.2. The Hall–Kier alpha value is -0.900. The van der Waals surface area contributed by atoms with Gasteiger partial charge in [-0.25, -0.2) is 0 Å². The van der Waals surface area contributed by atoms with E-state index in [-0.39, 0.29) is 11.8 Å². The summed E-state index contributed by atoms with van der Waals surface area (Å²) in [6.07, 6.45) is 5.86. The molecule has 0 aromatic rings. The molecular weight excluding hydrogens is 240 g/mol. The fourth-order valence-electron chi connectivity index (χ4n) is 3.54. The topological polar surface area (TPSA) is 40.6 Å². The zero-order valence-electron chi connectivity index (χ0n) is 12.3. The average Bonchev–Trinajstić information content (AvgIpc) is 2.67. The van der Waals surface area contributed by atoms with E-state index in [1.807, 2.05) is 0 Å². The fraction of sp³-hybridized carbons (Fsp3) is 0.867. The van der Waals surface area contributed by atoms with Gasteiger partial charge in [-0.15, -0.1) is 0 Å². The highest BCUT2D eigenvalue weighted by Crippen LogP contribution is 2.33. The molecule has 4 nitrogen and oxygen atoms in total. The van der Waals surface area contributed by atoms with Gasteiger partial charge in [0, 0.05) is 32.5 Å². The minimum Gasteiger partial charge on any atom is -0.301 e. The van der Waals surface area contributed by atoms with E-state index in [9.17, 15) is 9.59 Å². The van der Waals surface area contributed by atoms with Gasteiger partial charge in [0.15, 0.2) is 0 Å². The van der Waals surface area contributed by atoms with Gasteiger partial charge in [-0.1, -0.05) is 20.3 Å². The number of carbonyl (C=O) groups excluding carboxylic acids is 2. The predicted molar refractivity (Wildman–Crippen MR) is 74.6 cm³/mol. The molecule has 108 valence electrons. The zero-order valence-corrected chi connectivity index (χ0v) is 12.3. The number of likely N-dealkylation sites (tertiary alicyclic amines) is 2. The van der Waals surface area contributed by atoms with Crippen molar-refractivity contribution in [3.63, 3.8) is 0 Å². The first kappa shape index (κ1) is 14.5. The van der Waals surface area contributed by atoms with Crippen molar-refractivity contribution in [3.8, 4) is 0 Å². The average molecular weight is 266 g/mol. The number of hydrogen-bond acceptors (Lipinski definition) is 3. The Labute approximate surface area is 116 Å². The molecule has 0 bridgehead atoms. The van der Waals surface area contributed by atoms with Crippen molar-refractivity contribution in [3.05, 3.63) is 0 Å². The lowest BCUT2D eigenvalue weighted by atomic mass is 9.78. The molecule has 19 heavy (non-hydrogen) atoms.